The van der Waals surface area contributed by atoms with Crippen molar-refractivity contribution >= 4 is 28.6 Å². The fourth-order valence-electron chi connectivity index (χ4n) is 3.49. The van der Waals surface area contributed by atoms with E-state index in [9.17, 15) is 22.8 Å². The Balaban J connectivity index is 1.66. The topological polar surface area (TPSA) is 55.2 Å². The maximum atomic E-state index is 14.6. The van der Waals surface area contributed by atoms with E-state index in [4.69, 9.17) is 0 Å². The third-order valence-electron chi connectivity index (χ3n) is 5.55. The molecule has 0 spiro atoms. The van der Waals surface area contributed by atoms with Crippen LogP contribution in [0.3, 0.4) is 0 Å². The van der Waals surface area contributed by atoms with Gasteiger partial charge in [0, 0.05) is 13.1 Å². The van der Waals surface area contributed by atoms with Gasteiger partial charge in [-0.25, -0.2) is 18.2 Å². The number of halogens is 3. The molecule has 174 valence electrons. The van der Waals surface area contributed by atoms with Crippen molar-refractivity contribution in [2.24, 2.45) is 0 Å². The molecule has 9 heteroatoms. The second-order valence-corrected chi connectivity index (χ2v) is 8.61. The summed E-state index contributed by atoms with van der Waals surface area (Å²) in [5.41, 5.74) is 0.470. The molecule has 0 fully saturated rings. The Labute approximate surface area is 197 Å². The van der Waals surface area contributed by atoms with E-state index in [1.807, 2.05) is 6.92 Å². The molecule has 1 amide bonds. The Hall–Kier alpha value is -3.59. The Morgan fingerprint density at radius 1 is 1.03 bits per heavy atom. The summed E-state index contributed by atoms with van der Waals surface area (Å²) >= 11 is 0.975. The minimum absolute atomic E-state index is 0.0877. The van der Waals surface area contributed by atoms with Crippen molar-refractivity contribution in [1.82, 2.24) is 14.5 Å². The Morgan fingerprint density at radius 3 is 2.41 bits per heavy atom. The Kier molecular flexibility index (Phi) is 6.74. The van der Waals surface area contributed by atoms with Gasteiger partial charge in [-0.05, 0) is 48.9 Å². The molecule has 5 nitrogen and oxygen atoms in total. The summed E-state index contributed by atoms with van der Waals surface area (Å²) in [7, 11) is 1.62. The molecule has 34 heavy (non-hydrogen) atoms. The van der Waals surface area contributed by atoms with E-state index < -0.39 is 17.2 Å². The number of carbonyl (C=O) groups excluding carboxylic acids is 1. The lowest BCUT2D eigenvalue weighted by Gasteiger charge is -2.25. The highest BCUT2D eigenvalue weighted by atomic mass is 32.2. The van der Waals surface area contributed by atoms with Crippen molar-refractivity contribution in [2.45, 2.75) is 18.1 Å². The molecule has 0 unspecified atom stereocenters. The van der Waals surface area contributed by atoms with Crippen LogP contribution in [0.25, 0.3) is 16.6 Å². The molecule has 4 aromatic rings. The van der Waals surface area contributed by atoms with Gasteiger partial charge in [0.1, 0.15) is 17.5 Å². The summed E-state index contributed by atoms with van der Waals surface area (Å²) < 4.78 is 42.4. The fourth-order valence-corrected chi connectivity index (χ4v) is 4.42. The van der Waals surface area contributed by atoms with E-state index in [0.717, 1.165) is 34.0 Å². The van der Waals surface area contributed by atoms with Gasteiger partial charge < -0.3 is 4.90 Å². The maximum absolute atomic E-state index is 14.6. The monoisotopic (exact) mass is 483 g/mol. The number of carbonyl (C=O) groups is 1. The minimum Gasteiger partial charge on any atom is -0.338 e. The van der Waals surface area contributed by atoms with Crippen LogP contribution in [-0.2, 0) is 4.79 Å². The lowest BCUT2D eigenvalue weighted by Crippen LogP contribution is -2.31. The molecule has 1 heterocycles. The zero-order valence-corrected chi connectivity index (χ0v) is 19.2. The lowest BCUT2D eigenvalue weighted by molar-refractivity contribution is -0.128. The molecule has 0 saturated heterocycles. The number of amides is 1. The van der Waals surface area contributed by atoms with Gasteiger partial charge in [-0.3, -0.25) is 14.2 Å². The summed E-state index contributed by atoms with van der Waals surface area (Å²) in [6.45, 7) is 1.81. The van der Waals surface area contributed by atoms with Crippen LogP contribution < -0.4 is 5.56 Å². The number of hydrogen-bond donors (Lipinski definition) is 0. The molecule has 1 aromatic heterocycles. The average molecular weight is 484 g/mol. The van der Waals surface area contributed by atoms with Crippen LogP contribution >= 0.6 is 11.8 Å². The van der Waals surface area contributed by atoms with Crippen molar-refractivity contribution in [1.29, 1.82) is 0 Å². The van der Waals surface area contributed by atoms with Crippen molar-refractivity contribution in [2.75, 3.05) is 12.8 Å². The molecule has 0 bridgehead atoms. The second-order valence-electron chi connectivity index (χ2n) is 7.67. The predicted molar refractivity (Wildman–Crippen MR) is 126 cm³/mol. The normalized spacial score (nSPS) is 12.0. The van der Waals surface area contributed by atoms with Crippen LogP contribution in [0, 0.1) is 17.5 Å². The average Bonchev–Trinajstić information content (AvgIpc) is 2.83. The molecular weight excluding hydrogens is 463 g/mol. The number of thioether (sulfide) groups is 1. The van der Waals surface area contributed by atoms with Crippen molar-refractivity contribution in [3.05, 3.63) is 100 Å². The lowest BCUT2D eigenvalue weighted by atomic mass is 10.1. The van der Waals surface area contributed by atoms with Gasteiger partial charge in [0.2, 0.25) is 5.91 Å². The zero-order chi connectivity index (χ0) is 24.4. The minimum atomic E-state index is -0.922. The van der Waals surface area contributed by atoms with Crippen molar-refractivity contribution < 1.29 is 18.0 Å². The highest BCUT2D eigenvalue weighted by molar-refractivity contribution is 7.99. The van der Waals surface area contributed by atoms with Gasteiger partial charge in [0.25, 0.3) is 5.56 Å². The second kappa shape index (κ2) is 9.72. The van der Waals surface area contributed by atoms with Crippen LogP contribution in [0.1, 0.15) is 18.5 Å². The Morgan fingerprint density at radius 2 is 1.71 bits per heavy atom. The summed E-state index contributed by atoms with van der Waals surface area (Å²) in [6, 6.07) is 15.1. The van der Waals surface area contributed by atoms with Gasteiger partial charge in [-0.15, -0.1) is 0 Å². The maximum Gasteiger partial charge on any atom is 0.266 e. The van der Waals surface area contributed by atoms with Gasteiger partial charge >= 0.3 is 0 Å². The summed E-state index contributed by atoms with van der Waals surface area (Å²) in [5, 5.41) is 0.370. The highest BCUT2D eigenvalue weighted by Gasteiger charge is 2.21. The van der Waals surface area contributed by atoms with Gasteiger partial charge in [-0.1, -0.05) is 36.0 Å². The van der Waals surface area contributed by atoms with Gasteiger partial charge in [0.15, 0.2) is 5.16 Å². The van der Waals surface area contributed by atoms with Gasteiger partial charge in [0.05, 0.1) is 28.4 Å². The molecule has 0 aliphatic heterocycles. The first-order valence-corrected chi connectivity index (χ1v) is 11.4. The van der Waals surface area contributed by atoms with Crippen LogP contribution in [0.2, 0.25) is 0 Å². The molecule has 0 N–H and O–H groups in total. The molecule has 3 aromatic carbocycles. The number of hydrogen-bond acceptors (Lipinski definition) is 4. The SMILES string of the molecule is C[C@H](c1ccc(F)cc1)N(C)C(=O)CSc1nc2ccccc2c(=O)n1-c1ccc(F)cc1F. The largest absolute Gasteiger partial charge is 0.338 e. The molecular formula is C25H20F3N3O2S. The number of aromatic nitrogens is 2. The van der Waals surface area contributed by atoms with E-state index in [-0.39, 0.29) is 39.7 Å². The highest BCUT2D eigenvalue weighted by Crippen LogP contribution is 2.25. The van der Waals surface area contributed by atoms with E-state index in [0.29, 0.717) is 11.6 Å². The van der Waals surface area contributed by atoms with Crippen LogP contribution in [0.15, 0.2) is 76.7 Å². The van der Waals surface area contributed by atoms with E-state index in [1.54, 1.807) is 43.4 Å². The summed E-state index contributed by atoms with van der Waals surface area (Å²) in [4.78, 5) is 32.1. The number of benzene rings is 3. The zero-order valence-electron chi connectivity index (χ0n) is 18.3. The van der Waals surface area contributed by atoms with Crippen LogP contribution in [0.5, 0.6) is 0 Å². The van der Waals surface area contributed by atoms with Crippen molar-refractivity contribution in [3.8, 4) is 5.69 Å². The number of rotatable bonds is 6. The number of para-hydroxylation sites is 1. The van der Waals surface area contributed by atoms with Crippen LogP contribution in [-0.4, -0.2) is 33.2 Å². The predicted octanol–water partition coefficient (Wildman–Crippen LogP) is 5.11. The molecule has 0 radical (unpaired) electrons. The fraction of sp³-hybridized carbons (Fsp3) is 0.160. The first kappa shape index (κ1) is 23.6. The quantitative estimate of drug-likeness (QED) is 0.282. The molecule has 0 aliphatic rings. The van der Waals surface area contributed by atoms with Crippen molar-refractivity contribution in [3.63, 3.8) is 0 Å². The standard InChI is InChI=1S/C25H20F3N3O2S/c1-15(16-7-9-17(26)10-8-16)30(2)23(32)14-34-25-29-21-6-4-3-5-19(21)24(33)31(25)22-12-11-18(27)13-20(22)28/h3-13,15H,14H2,1-2H3/t15-/m1/s1. The first-order valence-electron chi connectivity index (χ1n) is 10.4. The third kappa shape index (κ3) is 4.70. The van der Waals surface area contributed by atoms with Gasteiger partial charge in [-0.2, -0.15) is 0 Å². The van der Waals surface area contributed by atoms with E-state index in [1.165, 1.54) is 17.0 Å². The summed E-state index contributed by atoms with van der Waals surface area (Å²) in [6.07, 6.45) is 0. The van der Waals surface area contributed by atoms with E-state index in [2.05, 4.69) is 4.98 Å². The summed E-state index contributed by atoms with van der Waals surface area (Å²) in [5.74, 6) is -2.42. The molecule has 4 rings (SSSR count). The van der Waals surface area contributed by atoms with Crippen LogP contribution in [0.4, 0.5) is 13.2 Å². The molecule has 1 atom stereocenters. The van der Waals surface area contributed by atoms with E-state index >= 15 is 0 Å². The smallest absolute Gasteiger partial charge is 0.266 e. The molecule has 0 aliphatic carbocycles. The molecule has 0 saturated carbocycles. The number of fused-ring (bicyclic) bond motifs is 1. The third-order valence-corrected chi connectivity index (χ3v) is 6.47. The first-order chi connectivity index (χ1) is 16.3. The number of nitrogens with zero attached hydrogens (tertiary/aromatic N) is 3. The Bertz CT molecular complexity index is 1420.